The first kappa shape index (κ1) is 13.2. The first-order chi connectivity index (χ1) is 7.58. The summed E-state index contributed by atoms with van der Waals surface area (Å²) in [6, 6.07) is 0. The van der Waals surface area contributed by atoms with E-state index in [2.05, 4.69) is 24.3 Å². The van der Waals surface area contributed by atoms with Crippen molar-refractivity contribution in [2.24, 2.45) is 13.0 Å². The Morgan fingerprint density at radius 2 is 2.19 bits per heavy atom. The number of rotatable bonds is 7. The maximum absolute atomic E-state index is 9.74. The predicted octanol–water partition coefficient (Wildman–Crippen LogP) is 0.959. The van der Waals surface area contributed by atoms with E-state index in [-0.39, 0.29) is 6.10 Å². The SMILES string of the molecule is CC(C)CNCC(O)CCc1cnn(C)c1. The zero-order valence-corrected chi connectivity index (χ0v) is 10.5. The van der Waals surface area contributed by atoms with Crippen LogP contribution in [0.4, 0.5) is 0 Å². The number of hydrogen-bond acceptors (Lipinski definition) is 3. The molecular weight excluding hydrogens is 202 g/mol. The molecule has 4 heteroatoms. The van der Waals surface area contributed by atoms with E-state index in [0.717, 1.165) is 19.4 Å². The summed E-state index contributed by atoms with van der Waals surface area (Å²) in [7, 11) is 1.91. The minimum Gasteiger partial charge on any atom is -0.392 e. The number of hydrogen-bond donors (Lipinski definition) is 2. The summed E-state index contributed by atoms with van der Waals surface area (Å²) in [6.45, 7) is 5.96. The van der Waals surface area contributed by atoms with Gasteiger partial charge in [0.2, 0.25) is 0 Å². The highest BCUT2D eigenvalue weighted by Gasteiger charge is 2.05. The molecule has 1 aromatic rings. The second-order valence-electron chi connectivity index (χ2n) is 4.77. The van der Waals surface area contributed by atoms with Gasteiger partial charge < -0.3 is 10.4 Å². The number of nitrogens with one attached hydrogen (secondary N) is 1. The molecule has 1 aromatic heterocycles. The fourth-order valence-electron chi connectivity index (χ4n) is 1.57. The van der Waals surface area contributed by atoms with Crippen LogP contribution in [-0.2, 0) is 13.5 Å². The van der Waals surface area contributed by atoms with Gasteiger partial charge in [-0.05, 0) is 30.9 Å². The van der Waals surface area contributed by atoms with Gasteiger partial charge in [-0.15, -0.1) is 0 Å². The van der Waals surface area contributed by atoms with Crippen molar-refractivity contribution in [1.82, 2.24) is 15.1 Å². The van der Waals surface area contributed by atoms with Gasteiger partial charge in [0, 0.05) is 19.8 Å². The van der Waals surface area contributed by atoms with Gasteiger partial charge in [0.15, 0.2) is 0 Å². The van der Waals surface area contributed by atoms with Crippen molar-refractivity contribution >= 4 is 0 Å². The zero-order chi connectivity index (χ0) is 12.0. The molecule has 0 amide bonds. The lowest BCUT2D eigenvalue weighted by Gasteiger charge is -2.12. The van der Waals surface area contributed by atoms with E-state index in [9.17, 15) is 5.11 Å². The van der Waals surface area contributed by atoms with Crippen LogP contribution >= 0.6 is 0 Å². The Morgan fingerprint density at radius 3 is 2.75 bits per heavy atom. The summed E-state index contributed by atoms with van der Waals surface area (Å²) < 4.78 is 1.79. The van der Waals surface area contributed by atoms with Gasteiger partial charge in [0.1, 0.15) is 0 Å². The van der Waals surface area contributed by atoms with Crippen LogP contribution < -0.4 is 5.32 Å². The van der Waals surface area contributed by atoms with Crippen LogP contribution in [0, 0.1) is 5.92 Å². The monoisotopic (exact) mass is 225 g/mol. The van der Waals surface area contributed by atoms with Crippen molar-refractivity contribution in [3.63, 3.8) is 0 Å². The molecule has 16 heavy (non-hydrogen) atoms. The van der Waals surface area contributed by atoms with Gasteiger partial charge in [0.05, 0.1) is 12.3 Å². The molecule has 92 valence electrons. The van der Waals surface area contributed by atoms with Crippen LogP contribution in [0.2, 0.25) is 0 Å². The highest BCUT2D eigenvalue weighted by atomic mass is 16.3. The van der Waals surface area contributed by atoms with E-state index < -0.39 is 0 Å². The van der Waals surface area contributed by atoms with E-state index >= 15 is 0 Å². The standard InChI is InChI=1S/C12H23N3O/c1-10(2)6-13-8-12(16)5-4-11-7-14-15(3)9-11/h7,9-10,12-13,16H,4-6,8H2,1-3H3. The van der Waals surface area contributed by atoms with Gasteiger partial charge in [-0.1, -0.05) is 13.8 Å². The number of aryl methyl sites for hydroxylation is 2. The molecule has 0 saturated heterocycles. The minimum absolute atomic E-state index is 0.265. The molecule has 0 bridgehead atoms. The lowest BCUT2D eigenvalue weighted by Crippen LogP contribution is -2.29. The summed E-state index contributed by atoms with van der Waals surface area (Å²) in [5.41, 5.74) is 1.19. The second kappa shape index (κ2) is 6.66. The average molecular weight is 225 g/mol. The van der Waals surface area contributed by atoms with E-state index in [0.29, 0.717) is 12.5 Å². The van der Waals surface area contributed by atoms with Crippen LogP contribution in [-0.4, -0.2) is 34.1 Å². The van der Waals surface area contributed by atoms with E-state index in [4.69, 9.17) is 0 Å². The Labute approximate surface area is 97.7 Å². The molecule has 1 unspecified atom stereocenters. The average Bonchev–Trinajstić information content (AvgIpc) is 2.61. The van der Waals surface area contributed by atoms with Crippen molar-refractivity contribution in [3.8, 4) is 0 Å². The van der Waals surface area contributed by atoms with Crippen molar-refractivity contribution in [2.75, 3.05) is 13.1 Å². The van der Waals surface area contributed by atoms with Crippen molar-refractivity contribution < 1.29 is 5.11 Å². The Bertz CT molecular complexity index is 296. The van der Waals surface area contributed by atoms with Crippen LogP contribution in [0.15, 0.2) is 12.4 Å². The first-order valence-corrected chi connectivity index (χ1v) is 5.94. The minimum atomic E-state index is -0.265. The quantitative estimate of drug-likeness (QED) is 0.726. The van der Waals surface area contributed by atoms with E-state index in [1.54, 1.807) is 4.68 Å². The molecule has 0 fully saturated rings. The third-order valence-corrected chi connectivity index (χ3v) is 2.46. The Hall–Kier alpha value is -0.870. The van der Waals surface area contributed by atoms with Gasteiger partial charge in [-0.3, -0.25) is 4.68 Å². The number of aromatic nitrogens is 2. The molecule has 0 radical (unpaired) electrons. The molecule has 0 aliphatic rings. The van der Waals surface area contributed by atoms with E-state index in [1.807, 2.05) is 19.4 Å². The highest BCUT2D eigenvalue weighted by molar-refractivity contribution is 5.03. The van der Waals surface area contributed by atoms with E-state index in [1.165, 1.54) is 5.56 Å². The fourth-order valence-corrected chi connectivity index (χ4v) is 1.57. The molecule has 0 saturated carbocycles. The Kier molecular flexibility index (Phi) is 5.49. The van der Waals surface area contributed by atoms with Crippen molar-refractivity contribution in [1.29, 1.82) is 0 Å². The van der Waals surface area contributed by atoms with Crippen LogP contribution in [0.3, 0.4) is 0 Å². The second-order valence-corrected chi connectivity index (χ2v) is 4.77. The molecule has 4 nitrogen and oxygen atoms in total. The van der Waals surface area contributed by atoms with Gasteiger partial charge in [-0.2, -0.15) is 5.10 Å². The Balaban J connectivity index is 2.12. The molecular formula is C12H23N3O. The van der Waals surface area contributed by atoms with Gasteiger partial charge in [-0.25, -0.2) is 0 Å². The predicted molar refractivity (Wildman–Crippen MR) is 65.2 cm³/mol. The van der Waals surface area contributed by atoms with Gasteiger partial charge in [0.25, 0.3) is 0 Å². The molecule has 1 heterocycles. The molecule has 2 N–H and O–H groups in total. The summed E-state index contributed by atoms with van der Waals surface area (Å²) in [5, 5.41) is 17.1. The highest BCUT2D eigenvalue weighted by Crippen LogP contribution is 2.03. The molecule has 0 spiro atoms. The number of nitrogens with zero attached hydrogens (tertiary/aromatic N) is 2. The Morgan fingerprint density at radius 1 is 1.44 bits per heavy atom. The summed E-state index contributed by atoms with van der Waals surface area (Å²) >= 11 is 0. The van der Waals surface area contributed by atoms with Crippen molar-refractivity contribution in [3.05, 3.63) is 18.0 Å². The summed E-state index contributed by atoms with van der Waals surface area (Å²) in [6.07, 6.45) is 5.26. The maximum atomic E-state index is 9.74. The smallest absolute Gasteiger partial charge is 0.0667 e. The number of aliphatic hydroxyl groups is 1. The summed E-state index contributed by atoms with van der Waals surface area (Å²) in [4.78, 5) is 0. The largest absolute Gasteiger partial charge is 0.392 e. The van der Waals surface area contributed by atoms with Crippen LogP contribution in [0.25, 0.3) is 0 Å². The summed E-state index contributed by atoms with van der Waals surface area (Å²) in [5.74, 6) is 0.630. The lowest BCUT2D eigenvalue weighted by atomic mass is 10.1. The third kappa shape index (κ3) is 5.28. The molecule has 1 rings (SSSR count). The zero-order valence-electron chi connectivity index (χ0n) is 10.5. The van der Waals surface area contributed by atoms with Crippen LogP contribution in [0.1, 0.15) is 25.8 Å². The molecule has 0 aliphatic carbocycles. The normalized spacial score (nSPS) is 13.3. The molecule has 0 aromatic carbocycles. The number of aliphatic hydroxyl groups excluding tert-OH is 1. The fraction of sp³-hybridized carbons (Fsp3) is 0.750. The van der Waals surface area contributed by atoms with Gasteiger partial charge >= 0.3 is 0 Å². The lowest BCUT2D eigenvalue weighted by molar-refractivity contribution is 0.161. The topological polar surface area (TPSA) is 50.1 Å². The third-order valence-electron chi connectivity index (χ3n) is 2.46. The maximum Gasteiger partial charge on any atom is 0.0667 e. The first-order valence-electron chi connectivity index (χ1n) is 5.94. The molecule has 1 atom stereocenters. The molecule has 0 aliphatic heterocycles. The van der Waals surface area contributed by atoms with Crippen LogP contribution in [0.5, 0.6) is 0 Å². The van der Waals surface area contributed by atoms with Crippen molar-refractivity contribution in [2.45, 2.75) is 32.8 Å².